The van der Waals surface area contributed by atoms with Crippen LogP contribution in [0.15, 0.2) is 36.4 Å². The van der Waals surface area contributed by atoms with Gasteiger partial charge in [-0.1, -0.05) is 102 Å². The van der Waals surface area contributed by atoms with E-state index in [0.29, 0.717) is 29.2 Å². The summed E-state index contributed by atoms with van der Waals surface area (Å²) in [4.78, 5) is 0. The molecule has 2 saturated carbocycles. The van der Waals surface area contributed by atoms with Gasteiger partial charge in [0.05, 0.1) is 6.61 Å². The molecule has 0 aromatic heterocycles. The maximum Gasteiger partial charge on any atom is 0.166 e. The minimum absolute atomic E-state index is 0.140. The summed E-state index contributed by atoms with van der Waals surface area (Å²) < 4.78 is 35.8. The van der Waals surface area contributed by atoms with Crippen LogP contribution in [-0.2, 0) is 0 Å². The Morgan fingerprint density at radius 3 is 2.00 bits per heavy atom. The highest BCUT2D eigenvalue weighted by molar-refractivity contribution is 5.65. The van der Waals surface area contributed by atoms with Gasteiger partial charge in [0.2, 0.25) is 0 Å². The lowest BCUT2D eigenvalue weighted by Gasteiger charge is -2.27. The lowest BCUT2D eigenvalue weighted by Crippen LogP contribution is -2.13. The summed E-state index contributed by atoms with van der Waals surface area (Å²) in [5.74, 6) is 2.13. The fourth-order valence-electron chi connectivity index (χ4n) is 6.10. The van der Waals surface area contributed by atoms with E-state index in [0.717, 1.165) is 49.7 Å². The highest BCUT2D eigenvalue weighted by Crippen LogP contribution is 2.39. The maximum atomic E-state index is 15.0. The fraction of sp³-hybridized carbons (Fsp3) is 0.625. The Bertz CT molecular complexity index is 906. The average molecular weight is 483 g/mol. The van der Waals surface area contributed by atoms with Crippen LogP contribution in [0.25, 0.3) is 11.1 Å². The van der Waals surface area contributed by atoms with Crippen molar-refractivity contribution in [3.05, 3.63) is 53.6 Å². The molecule has 4 rings (SSSR count). The molecule has 2 aromatic carbocycles. The van der Waals surface area contributed by atoms with Gasteiger partial charge >= 0.3 is 0 Å². The number of hydrogen-bond acceptors (Lipinski definition) is 1. The van der Waals surface area contributed by atoms with Crippen LogP contribution in [0.1, 0.15) is 109 Å². The molecule has 35 heavy (non-hydrogen) atoms. The normalized spacial score (nSPS) is 24.9. The summed E-state index contributed by atoms with van der Waals surface area (Å²) in [7, 11) is 0. The molecule has 2 aromatic rings. The van der Waals surface area contributed by atoms with E-state index in [9.17, 15) is 8.78 Å². The van der Waals surface area contributed by atoms with Crippen LogP contribution in [0.3, 0.4) is 0 Å². The first-order chi connectivity index (χ1) is 17.0. The second kappa shape index (κ2) is 12.9. The van der Waals surface area contributed by atoms with Gasteiger partial charge in [0, 0.05) is 5.56 Å². The maximum absolute atomic E-state index is 15.0. The molecule has 0 atom stereocenters. The molecular weight excluding hydrogens is 438 g/mol. The SMILES string of the molecule is CC1CCC(CCCCCCOc2ccc(-c3ccc(C4CCC(C)CC4)c(F)c3F)cc2)CC1. The predicted octanol–water partition coefficient (Wildman–Crippen LogP) is 10.1. The van der Waals surface area contributed by atoms with Gasteiger partial charge < -0.3 is 4.74 Å². The van der Waals surface area contributed by atoms with Crippen LogP contribution >= 0.6 is 0 Å². The molecular formula is C32H44F2O. The first-order valence-electron chi connectivity index (χ1n) is 14.2. The second-order valence-corrected chi connectivity index (χ2v) is 11.5. The molecule has 1 nitrogen and oxygen atoms in total. The minimum atomic E-state index is -0.725. The molecule has 2 fully saturated rings. The van der Waals surface area contributed by atoms with Crippen molar-refractivity contribution < 1.29 is 13.5 Å². The number of unbranched alkanes of at least 4 members (excludes halogenated alkanes) is 3. The number of halogens is 2. The Hall–Kier alpha value is -1.90. The van der Waals surface area contributed by atoms with Gasteiger partial charge in [0.1, 0.15) is 5.75 Å². The van der Waals surface area contributed by atoms with Crippen LogP contribution in [0.2, 0.25) is 0 Å². The molecule has 3 heteroatoms. The van der Waals surface area contributed by atoms with E-state index in [1.807, 2.05) is 24.3 Å². The highest BCUT2D eigenvalue weighted by atomic mass is 19.2. The van der Waals surface area contributed by atoms with Crippen LogP contribution in [-0.4, -0.2) is 6.61 Å². The third-order valence-corrected chi connectivity index (χ3v) is 8.64. The van der Waals surface area contributed by atoms with Crippen molar-refractivity contribution in [3.63, 3.8) is 0 Å². The monoisotopic (exact) mass is 482 g/mol. The zero-order valence-corrected chi connectivity index (χ0v) is 21.8. The lowest BCUT2D eigenvalue weighted by atomic mass is 9.79. The van der Waals surface area contributed by atoms with E-state index in [1.54, 1.807) is 12.1 Å². The Morgan fingerprint density at radius 1 is 0.686 bits per heavy atom. The molecule has 0 heterocycles. The van der Waals surface area contributed by atoms with Crippen molar-refractivity contribution in [1.29, 1.82) is 0 Å². The van der Waals surface area contributed by atoms with Gasteiger partial charge in [0.25, 0.3) is 0 Å². The molecule has 0 bridgehead atoms. The van der Waals surface area contributed by atoms with Crippen molar-refractivity contribution in [2.75, 3.05) is 6.61 Å². The first kappa shape index (κ1) is 26.2. The van der Waals surface area contributed by atoms with E-state index >= 15 is 0 Å². The molecule has 192 valence electrons. The topological polar surface area (TPSA) is 9.23 Å². The van der Waals surface area contributed by atoms with Crippen LogP contribution < -0.4 is 4.74 Å². The van der Waals surface area contributed by atoms with Crippen molar-refractivity contribution in [3.8, 4) is 16.9 Å². The summed E-state index contributed by atoms with van der Waals surface area (Å²) in [6.45, 7) is 5.33. The Kier molecular flexibility index (Phi) is 9.63. The molecule has 0 aliphatic heterocycles. The van der Waals surface area contributed by atoms with Crippen LogP contribution in [0, 0.1) is 29.4 Å². The fourth-order valence-corrected chi connectivity index (χ4v) is 6.10. The molecule has 0 spiro atoms. The largest absolute Gasteiger partial charge is 0.494 e. The Balaban J connectivity index is 1.20. The number of rotatable bonds is 10. The van der Waals surface area contributed by atoms with Gasteiger partial charge in [0.15, 0.2) is 11.6 Å². The van der Waals surface area contributed by atoms with E-state index in [1.165, 1.54) is 51.4 Å². The number of ether oxygens (including phenoxy) is 1. The van der Waals surface area contributed by atoms with Gasteiger partial charge in [-0.3, -0.25) is 0 Å². The zero-order valence-electron chi connectivity index (χ0n) is 21.8. The summed E-state index contributed by atoms with van der Waals surface area (Å²) in [5, 5.41) is 0. The van der Waals surface area contributed by atoms with E-state index in [-0.39, 0.29) is 5.92 Å². The highest BCUT2D eigenvalue weighted by Gasteiger charge is 2.25. The molecule has 0 N–H and O–H groups in total. The summed E-state index contributed by atoms with van der Waals surface area (Å²) in [6, 6.07) is 10.9. The van der Waals surface area contributed by atoms with E-state index in [2.05, 4.69) is 13.8 Å². The van der Waals surface area contributed by atoms with Crippen LogP contribution in [0.5, 0.6) is 5.75 Å². The number of hydrogen-bond donors (Lipinski definition) is 0. The van der Waals surface area contributed by atoms with Crippen molar-refractivity contribution in [2.45, 2.75) is 103 Å². The Labute approximate surface area is 211 Å². The third kappa shape index (κ3) is 7.30. The summed E-state index contributed by atoms with van der Waals surface area (Å²) in [5.41, 5.74) is 1.57. The molecule has 0 unspecified atom stereocenters. The number of benzene rings is 2. The molecule has 0 radical (unpaired) electrons. The molecule has 0 amide bonds. The Morgan fingerprint density at radius 2 is 1.31 bits per heavy atom. The minimum Gasteiger partial charge on any atom is -0.494 e. The molecule has 2 aliphatic rings. The smallest absolute Gasteiger partial charge is 0.166 e. The van der Waals surface area contributed by atoms with Crippen LogP contribution in [0.4, 0.5) is 8.78 Å². The molecule has 2 aliphatic carbocycles. The summed E-state index contributed by atoms with van der Waals surface area (Å²) in [6.07, 6.45) is 16.1. The van der Waals surface area contributed by atoms with Crippen molar-refractivity contribution in [1.82, 2.24) is 0 Å². The quantitative estimate of drug-likeness (QED) is 0.306. The average Bonchev–Trinajstić information content (AvgIpc) is 2.87. The summed E-state index contributed by atoms with van der Waals surface area (Å²) >= 11 is 0. The van der Waals surface area contributed by atoms with Crippen molar-refractivity contribution >= 4 is 0 Å². The first-order valence-corrected chi connectivity index (χ1v) is 14.2. The standard InChI is InChI=1S/C32H44F2O/c1-23-8-12-25(13-9-23)7-5-3-4-6-22-35-28-18-16-27(17-19-28)30-21-20-29(31(33)32(30)34)26-14-10-24(2)11-15-26/h16-21,23-26H,3-15,22H2,1-2H3. The van der Waals surface area contributed by atoms with E-state index in [4.69, 9.17) is 4.74 Å². The second-order valence-electron chi connectivity index (χ2n) is 11.5. The van der Waals surface area contributed by atoms with Crippen molar-refractivity contribution in [2.24, 2.45) is 17.8 Å². The zero-order chi connectivity index (χ0) is 24.6. The van der Waals surface area contributed by atoms with Gasteiger partial charge in [-0.25, -0.2) is 8.78 Å². The van der Waals surface area contributed by atoms with Gasteiger partial charge in [-0.05, 0) is 66.2 Å². The molecule has 0 saturated heterocycles. The van der Waals surface area contributed by atoms with E-state index < -0.39 is 11.6 Å². The predicted molar refractivity (Wildman–Crippen MR) is 142 cm³/mol. The van der Waals surface area contributed by atoms with Gasteiger partial charge in [-0.2, -0.15) is 0 Å². The van der Waals surface area contributed by atoms with Gasteiger partial charge in [-0.15, -0.1) is 0 Å². The lowest BCUT2D eigenvalue weighted by molar-refractivity contribution is 0.268. The third-order valence-electron chi connectivity index (χ3n) is 8.64.